The van der Waals surface area contributed by atoms with Gasteiger partial charge in [0, 0.05) is 35.7 Å². The van der Waals surface area contributed by atoms with Crippen LogP contribution >= 0.6 is 0 Å². The van der Waals surface area contributed by atoms with Gasteiger partial charge in [-0.1, -0.05) is 0 Å². The Morgan fingerprint density at radius 1 is 0.806 bits per heavy atom. The molecule has 3 N–H and O–H groups in total. The summed E-state index contributed by atoms with van der Waals surface area (Å²) >= 11 is 0. The molecule has 166 valence electrons. The van der Waals surface area contributed by atoms with Crippen LogP contribution in [0.4, 0.5) is 0 Å². The highest BCUT2D eigenvalue weighted by molar-refractivity contribution is 7.86. The fourth-order valence-corrected chi connectivity index (χ4v) is 3.23. The summed E-state index contributed by atoms with van der Waals surface area (Å²) in [5.74, 6) is 0.476. The van der Waals surface area contributed by atoms with Crippen molar-refractivity contribution in [3.63, 3.8) is 0 Å². The van der Waals surface area contributed by atoms with Crippen molar-refractivity contribution in [2.45, 2.75) is 0 Å². The molecule has 1 amide bonds. The average molecular weight is 449 g/mol. The second kappa shape index (κ2) is 10.9. The van der Waals surface area contributed by atoms with Crippen molar-refractivity contribution in [1.82, 2.24) is 4.72 Å². The summed E-state index contributed by atoms with van der Waals surface area (Å²) in [5.41, 5.74) is 0.873. The maximum Gasteiger partial charge on any atom is 0.255 e. The normalized spacial score (nSPS) is 12.0. The summed E-state index contributed by atoms with van der Waals surface area (Å²) in [6.45, 7) is 0. The Labute approximate surface area is 182 Å². The first kappa shape index (κ1) is 23.6. The summed E-state index contributed by atoms with van der Waals surface area (Å²) < 4.78 is 35.3. The second-order valence-electron chi connectivity index (χ2n) is 5.93. The van der Waals surface area contributed by atoms with Crippen molar-refractivity contribution >= 4 is 29.0 Å². The topological polar surface area (TPSA) is 124 Å². The highest BCUT2D eigenvalue weighted by Crippen LogP contribution is 2.35. The van der Waals surface area contributed by atoms with Gasteiger partial charge >= 0.3 is 0 Å². The van der Waals surface area contributed by atoms with Gasteiger partial charge in [-0.3, -0.25) is 9.52 Å². The fourth-order valence-electron chi connectivity index (χ4n) is 2.63. The van der Waals surface area contributed by atoms with Crippen molar-refractivity contribution in [2.75, 3.05) is 28.4 Å². The van der Waals surface area contributed by atoms with Crippen LogP contribution in [0.3, 0.4) is 0 Å². The van der Waals surface area contributed by atoms with Gasteiger partial charge in [-0.05, 0) is 12.2 Å². The zero-order chi connectivity index (χ0) is 23.0. The minimum Gasteiger partial charge on any atom is -0.508 e. The number of hydrogen-bond acceptors (Lipinski definition) is 8. The van der Waals surface area contributed by atoms with E-state index < -0.39 is 16.9 Å². The molecule has 0 aromatic heterocycles. The van der Waals surface area contributed by atoms with Gasteiger partial charge in [-0.25, -0.2) is 4.21 Å². The molecule has 0 aliphatic heterocycles. The number of amides is 1. The van der Waals surface area contributed by atoms with Crippen LogP contribution < -0.4 is 23.7 Å². The lowest BCUT2D eigenvalue weighted by Gasteiger charge is -2.11. The molecule has 10 heteroatoms. The molecule has 2 aromatic carbocycles. The maximum atomic E-state index is 12.2. The molecular formula is C21H23NO8S. The lowest BCUT2D eigenvalue weighted by atomic mass is 10.1. The van der Waals surface area contributed by atoms with Crippen LogP contribution in [-0.2, 0) is 15.8 Å². The summed E-state index contributed by atoms with van der Waals surface area (Å²) in [5, 5.41) is 20.6. The van der Waals surface area contributed by atoms with Crippen molar-refractivity contribution in [3.05, 3.63) is 46.9 Å². The molecule has 1 atom stereocenters. The monoisotopic (exact) mass is 449 g/mol. The predicted octanol–water partition coefficient (Wildman–Crippen LogP) is 2.60. The average Bonchev–Trinajstić information content (AvgIpc) is 2.75. The fraction of sp³-hybridized carbons (Fsp3) is 0.190. The third kappa shape index (κ3) is 6.16. The molecule has 0 fully saturated rings. The molecule has 1 unspecified atom stereocenters. The molecule has 0 saturated heterocycles. The molecule has 2 aromatic rings. The Hall–Kier alpha value is -3.66. The van der Waals surface area contributed by atoms with Crippen LogP contribution in [-0.4, -0.2) is 48.8 Å². The highest BCUT2D eigenvalue weighted by Gasteiger charge is 2.12. The number of phenols is 2. The lowest BCUT2D eigenvalue weighted by molar-refractivity contribution is -0.114. The Balaban J connectivity index is 2.15. The Bertz CT molecular complexity index is 901. The van der Waals surface area contributed by atoms with E-state index in [1.54, 1.807) is 0 Å². The van der Waals surface area contributed by atoms with Gasteiger partial charge in [0.1, 0.15) is 45.5 Å². The number of methoxy groups -OCH3 is 4. The van der Waals surface area contributed by atoms with E-state index in [1.165, 1.54) is 70.3 Å². The number of carbonyl (C=O) groups excluding carboxylic acids is 1. The quantitative estimate of drug-likeness (QED) is 0.499. The minimum absolute atomic E-state index is 0.0505. The van der Waals surface area contributed by atoms with Gasteiger partial charge in [-0.2, -0.15) is 0 Å². The van der Waals surface area contributed by atoms with Gasteiger partial charge < -0.3 is 29.2 Å². The zero-order valence-electron chi connectivity index (χ0n) is 17.4. The van der Waals surface area contributed by atoms with E-state index in [2.05, 4.69) is 4.72 Å². The van der Waals surface area contributed by atoms with E-state index in [-0.39, 0.29) is 11.5 Å². The molecular weight excluding hydrogens is 426 g/mol. The van der Waals surface area contributed by atoms with E-state index in [0.717, 1.165) is 6.08 Å². The molecule has 31 heavy (non-hydrogen) atoms. The number of phenolic OH excluding ortho intramolecular Hbond substituents is 2. The van der Waals surface area contributed by atoms with Crippen LogP contribution in [0.15, 0.2) is 35.7 Å². The van der Waals surface area contributed by atoms with Crippen LogP contribution in [0, 0.1) is 0 Å². The van der Waals surface area contributed by atoms with Crippen LogP contribution in [0.5, 0.6) is 34.5 Å². The Morgan fingerprint density at radius 2 is 1.19 bits per heavy atom. The molecule has 0 aliphatic carbocycles. The zero-order valence-corrected chi connectivity index (χ0v) is 18.2. The summed E-state index contributed by atoms with van der Waals surface area (Å²) in [6, 6.07) is 5.51. The summed E-state index contributed by atoms with van der Waals surface area (Å²) in [7, 11) is 3.80. The van der Waals surface area contributed by atoms with Crippen molar-refractivity contribution in [1.29, 1.82) is 0 Å². The van der Waals surface area contributed by atoms with Crippen LogP contribution in [0.25, 0.3) is 12.2 Å². The summed E-state index contributed by atoms with van der Waals surface area (Å²) in [4.78, 5) is 12.2. The van der Waals surface area contributed by atoms with Crippen LogP contribution in [0.1, 0.15) is 11.1 Å². The predicted molar refractivity (Wildman–Crippen MR) is 117 cm³/mol. The van der Waals surface area contributed by atoms with Gasteiger partial charge in [0.2, 0.25) is 0 Å². The van der Waals surface area contributed by atoms with Crippen LogP contribution in [0.2, 0.25) is 0 Å². The number of aromatic hydroxyl groups is 2. The maximum absolute atomic E-state index is 12.2. The summed E-state index contributed by atoms with van der Waals surface area (Å²) in [6.07, 6.45) is 4.02. The molecule has 0 heterocycles. The van der Waals surface area contributed by atoms with Crippen molar-refractivity contribution in [2.24, 2.45) is 0 Å². The Morgan fingerprint density at radius 3 is 1.58 bits per heavy atom. The number of nitrogens with one attached hydrogen (secondary N) is 1. The lowest BCUT2D eigenvalue weighted by Crippen LogP contribution is -2.21. The van der Waals surface area contributed by atoms with E-state index in [1.807, 2.05) is 0 Å². The highest BCUT2D eigenvalue weighted by atomic mass is 32.2. The molecule has 0 aliphatic rings. The van der Waals surface area contributed by atoms with Gasteiger partial charge in [0.15, 0.2) is 0 Å². The van der Waals surface area contributed by atoms with E-state index in [4.69, 9.17) is 18.9 Å². The molecule has 0 bridgehead atoms. The number of rotatable bonds is 9. The number of ether oxygens (including phenoxy) is 4. The van der Waals surface area contributed by atoms with E-state index >= 15 is 0 Å². The second-order valence-corrected chi connectivity index (χ2v) is 7.00. The van der Waals surface area contributed by atoms with Crippen molar-refractivity contribution < 1.29 is 38.2 Å². The first-order valence-electron chi connectivity index (χ1n) is 8.80. The minimum atomic E-state index is -1.86. The number of benzene rings is 2. The molecule has 0 spiro atoms. The van der Waals surface area contributed by atoms with Gasteiger partial charge in [0.05, 0.1) is 39.6 Å². The molecule has 2 rings (SSSR count). The molecule has 0 radical (unpaired) electrons. The Kier molecular flexibility index (Phi) is 8.33. The standard InChI is InChI=1S/C21H23NO8S/c1-27-17-9-13(23)10-18(28-2)15(17)5-6-21(25)22-31(26)8-7-16-19(29-3)11-14(24)12-20(16)30-4/h5-12,23-24H,1-4H3,(H,22,25)/b6-5+,8-7-. The third-order valence-corrected chi connectivity index (χ3v) is 4.80. The number of hydrogen-bond donors (Lipinski definition) is 3. The number of carbonyl (C=O) groups is 1. The smallest absolute Gasteiger partial charge is 0.255 e. The molecule has 0 saturated carbocycles. The largest absolute Gasteiger partial charge is 0.508 e. The van der Waals surface area contributed by atoms with Gasteiger partial charge in [-0.15, -0.1) is 0 Å². The molecule has 9 nitrogen and oxygen atoms in total. The van der Waals surface area contributed by atoms with E-state index in [0.29, 0.717) is 34.1 Å². The first-order chi connectivity index (χ1) is 14.8. The van der Waals surface area contributed by atoms with Crippen molar-refractivity contribution in [3.8, 4) is 34.5 Å². The van der Waals surface area contributed by atoms with E-state index in [9.17, 15) is 19.2 Å². The first-order valence-corrected chi connectivity index (χ1v) is 10.0. The SMILES string of the molecule is COc1cc(O)cc(OC)c1/C=C\S(=O)NC(=O)/C=C/c1c(OC)cc(O)cc1OC. The third-order valence-electron chi connectivity index (χ3n) is 4.02. The van der Waals surface area contributed by atoms with Gasteiger partial charge in [0.25, 0.3) is 5.91 Å².